The first-order valence-electron chi connectivity index (χ1n) is 7.62. The molecule has 1 fully saturated rings. The summed E-state index contributed by atoms with van der Waals surface area (Å²) >= 11 is 0. The molecule has 0 radical (unpaired) electrons. The maximum Gasteiger partial charge on any atom is 0.138 e. The van der Waals surface area contributed by atoms with Crippen molar-refractivity contribution in [1.29, 1.82) is 0 Å². The summed E-state index contributed by atoms with van der Waals surface area (Å²) in [5.74, 6) is 1.85. The zero-order valence-corrected chi connectivity index (χ0v) is 13.2. The molecule has 2 aromatic rings. The number of rotatable bonds is 3. The quantitative estimate of drug-likeness (QED) is 0.874. The second-order valence-electron chi connectivity index (χ2n) is 7.23. The molecule has 2 nitrogen and oxygen atoms in total. The monoisotopic (exact) mass is 271 g/mol. The largest absolute Gasteiger partial charge is 0.459 e. The van der Waals surface area contributed by atoms with Crippen molar-refractivity contribution in [3.63, 3.8) is 0 Å². The molecular formula is C18H25NO. The molecule has 0 saturated heterocycles. The van der Waals surface area contributed by atoms with Crippen molar-refractivity contribution in [1.82, 2.24) is 5.32 Å². The number of nitrogens with one attached hydrogen (secondary N) is 1. The maximum atomic E-state index is 6.27. The van der Waals surface area contributed by atoms with Crippen LogP contribution in [-0.2, 0) is 5.41 Å². The summed E-state index contributed by atoms with van der Waals surface area (Å²) in [5.41, 5.74) is 3.79. The predicted octanol–water partition coefficient (Wildman–Crippen LogP) is 4.71. The van der Waals surface area contributed by atoms with E-state index in [1.807, 2.05) is 7.05 Å². The Labute approximate surface area is 121 Å². The molecule has 1 heterocycles. The number of aryl methyl sites for hydroxylation is 1. The minimum atomic E-state index is 0.105. The van der Waals surface area contributed by atoms with Crippen LogP contribution in [0.4, 0.5) is 0 Å². The molecule has 1 atom stereocenters. The van der Waals surface area contributed by atoms with E-state index in [-0.39, 0.29) is 5.41 Å². The fourth-order valence-electron chi connectivity index (χ4n) is 3.07. The Bertz CT molecular complexity index is 629. The highest BCUT2D eigenvalue weighted by Crippen LogP contribution is 2.43. The molecule has 1 aliphatic carbocycles. The Morgan fingerprint density at radius 3 is 2.45 bits per heavy atom. The summed E-state index contributed by atoms with van der Waals surface area (Å²) in [7, 11) is 2.03. The molecule has 1 N–H and O–H groups in total. The standard InChI is InChI=1S/C18H25NO/c1-11-8-13-10-15(16(19-5)12-6-7-12)20-17(13)14(9-11)18(2,3)4/h8-10,12,16,19H,6-7H2,1-5H3. The highest BCUT2D eigenvalue weighted by Gasteiger charge is 2.34. The van der Waals surface area contributed by atoms with Crippen molar-refractivity contribution >= 4 is 11.0 Å². The van der Waals surface area contributed by atoms with Gasteiger partial charge in [0.05, 0.1) is 6.04 Å². The van der Waals surface area contributed by atoms with Crippen LogP contribution < -0.4 is 5.32 Å². The molecule has 1 aliphatic rings. The van der Waals surface area contributed by atoms with Crippen molar-refractivity contribution in [3.8, 4) is 0 Å². The van der Waals surface area contributed by atoms with E-state index in [9.17, 15) is 0 Å². The van der Waals surface area contributed by atoms with Gasteiger partial charge in [0.15, 0.2) is 0 Å². The van der Waals surface area contributed by atoms with Crippen molar-refractivity contribution in [2.24, 2.45) is 5.92 Å². The fraction of sp³-hybridized carbons (Fsp3) is 0.556. The third-order valence-electron chi connectivity index (χ3n) is 4.30. The molecule has 0 bridgehead atoms. The molecule has 1 unspecified atom stereocenters. The Balaban J connectivity index is 2.14. The van der Waals surface area contributed by atoms with E-state index in [1.54, 1.807) is 0 Å². The number of furan rings is 1. The van der Waals surface area contributed by atoms with Crippen molar-refractivity contribution in [2.75, 3.05) is 7.05 Å². The second kappa shape index (κ2) is 4.63. The third kappa shape index (κ3) is 2.37. The van der Waals surface area contributed by atoms with Crippen LogP contribution in [0.15, 0.2) is 22.6 Å². The molecule has 3 rings (SSSR count). The van der Waals surface area contributed by atoms with Gasteiger partial charge in [0.25, 0.3) is 0 Å². The molecule has 108 valence electrons. The van der Waals surface area contributed by atoms with Crippen LogP contribution in [0.2, 0.25) is 0 Å². The topological polar surface area (TPSA) is 25.2 Å². The van der Waals surface area contributed by atoms with E-state index >= 15 is 0 Å². The lowest BCUT2D eigenvalue weighted by molar-refractivity contribution is 0.416. The van der Waals surface area contributed by atoms with Gasteiger partial charge in [-0.3, -0.25) is 0 Å². The van der Waals surface area contributed by atoms with Gasteiger partial charge in [0.2, 0.25) is 0 Å². The summed E-state index contributed by atoms with van der Waals surface area (Å²) in [6, 6.07) is 7.10. The number of hydrogen-bond donors (Lipinski definition) is 1. The molecule has 0 spiro atoms. The summed E-state index contributed by atoms with van der Waals surface area (Å²) in [4.78, 5) is 0. The lowest BCUT2D eigenvalue weighted by atomic mass is 9.85. The zero-order chi connectivity index (χ0) is 14.5. The van der Waals surface area contributed by atoms with Gasteiger partial charge in [0.1, 0.15) is 11.3 Å². The first kappa shape index (κ1) is 13.7. The van der Waals surface area contributed by atoms with Crippen molar-refractivity contribution < 1.29 is 4.42 Å². The second-order valence-corrected chi connectivity index (χ2v) is 7.23. The van der Waals surface area contributed by atoms with Gasteiger partial charge in [-0.2, -0.15) is 0 Å². The number of fused-ring (bicyclic) bond motifs is 1. The van der Waals surface area contributed by atoms with Crippen LogP contribution in [0.5, 0.6) is 0 Å². The van der Waals surface area contributed by atoms with Crippen LogP contribution in [0, 0.1) is 12.8 Å². The Hall–Kier alpha value is -1.28. The lowest BCUT2D eigenvalue weighted by Gasteiger charge is -2.20. The fourth-order valence-corrected chi connectivity index (χ4v) is 3.07. The molecule has 2 heteroatoms. The molecule has 1 saturated carbocycles. The van der Waals surface area contributed by atoms with Crippen LogP contribution in [0.25, 0.3) is 11.0 Å². The van der Waals surface area contributed by atoms with Gasteiger partial charge in [-0.15, -0.1) is 0 Å². The Kier molecular flexibility index (Phi) is 3.17. The van der Waals surface area contributed by atoms with Gasteiger partial charge in [0, 0.05) is 10.9 Å². The van der Waals surface area contributed by atoms with Crippen LogP contribution in [-0.4, -0.2) is 7.05 Å². The number of hydrogen-bond acceptors (Lipinski definition) is 2. The average molecular weight is 271 g/mol. The molecular weight excluding hydrogens is 246 g/mol. The minimum absolute atomic E-state index is 0.105. The van der Waals surface area contributed by atoms with E-state index in [1.165, 1.54) is 29.4 Å². The van der Waals surface area contributed by atoms with Crippen LogP contribution in [0.3, 0.4) is 0 Å². The summed E-state index contributed by atoms with van der Waals surface area (Å²) < 4.78 is 6.27. The maximum absolute atomic E-state index is 6.27. The third-order valence-corrected chi connectivity index (χ3v) is 4.30. The van der Waals surface area contributed by atoms with Crippen molar-refractivity contribution in [2.45, 2.75) is 52.0 Å². The molecule has 1 aromatic heterocycles. The minimum Gasteiger partial charge on any atom is -0.459 e. The molecule has 1 aromatic carbocycles. The normalized spacial score (nSPS) is 17.6. The van der Waals surface area contributed by atoms with E-state index in [4.69, 9.17) is 4.42 Å². The van der Waals surface area contributed by atoms with Crippen molar-refractivity contribution in [3.05, 3.63) is 35.1 Å². The zero-order valence-electron chi connectivity index (χ0n) is 13.2. The summed E-state index contributed by atoms with van der Waals surface area (Å²) in [6.07, 6.45) is 2.63. The summed E-state index contributed by atoms with van der Waals surface area (Å²) in [5, 5.41) is 4.66. The number of benzene rings is 1. The smallest absolute Gasteiger partial charge is 0.138 e. The van der Waals surface area contributed by atoms with Crippen LogP contribution in [0.1, 0.15) is 56.5 Å². The average Bonchev–Trinajstić information content (AvgIpc) is 3.08. The first-order chi connectivity index (χ1) is 9.40. The molecule has 0 aliphatic heterocycles. The lowest BCUT2D eigenvalue weighted by Crippen LogP contribution is -2.17. The molecule has 0 amide bonds. The van der Waals surface area contributed by atoms with Gasteiger partial charge in [-0.05, 0) is 55.8 Å². The van der Waals surface area contributed by atoms with E-state index < -0.39 is 0 Å². The highest BCUT2D eigenvalue weighted by atomic mass is 16.3. The van der Waals surface area contributed by atoms with E-state index in [2.05, 4.69) is 51.2 Å². The highest BCUT2D eigenvalue weighted by molar-refractivity contribution is 5.83. The summed E-state index contributed by atoms with van der Waals surface area (Å²) in [6.45, 7) is 8.91. The van der Waals surface area contributed by atoms with E-state index in [0.717, 1.165) is 17.3 Å². The predicted molar refractivity (Wildman–Crippen MR) is 84.2 cm³/mol. The van der Waals surface area contributed by atoms with Gasteiger partial charge in [-0.25, -0.2) is 0 Å². The van der Waals surface area contributed by atoms with E-state index in [0.29, 0.717) is 6.04 Å². The van der Waals surface area contributed by atoms with Gasteiger partial charge in [-0.1, -0.05) is 26.8 Å². The Morgan fingerprint density at radius 1 is 1.20 bits per heavy atom. The van der Waals surface area contributed by atoms with Gasteiger partial charge >= 0.3 is 0 Å². The first-order valence-corrected chi connectivity index (χ1v) is 7.62. The Morgan fingerprint density at radius 2 is 1.90 bits per heavy atom. The van der Waals surface area contributed by atoms with Crippen LogP contribution >= 0.6 is 0 Å². The molecule has 20 heavy (non-hydrogen) atoms. The van der Waals surface area contributed by atoms with Gasteiger partial charge < -0.3 is 9.73 Å². The SMILES string of the molecule is CNC(c1cc2cc(C)cc(C(C)(C)C)c2o1)C1CC1.